The maximum absolute atomic E-state index is 11.8. The molecule has 1 unspecified atom stereocenters. The second-order valence-corrected chi connectivity index (χ2v) is 4.13. The monoisotopic (exact) mass is 219 g/mol. The summed E-state index contributed by atoms with van der Waals surface area (Å²) >= 11 is 0. The summed E-state index contributed by atoms with van der Waals surface area (Å²) in [4.78, 5) is 16.1. The second-order valence-electron chi connectivity index (χ2n) is 4.13. The van der Waals surface area contributed by atoms with Crippen molar-refractivity contribution in [1.82, 2.24) is 15.6 Å². The lowest BCUT2D eigenvalue weighted by atomic mass is 10.1. The Kier molecular flexibility index (Phi) is 3.51. The highest BCUT2D eigenvalue weighted by Gasteiger charge is 2.23. The molecule has 1 aliphatic heterocycles. The molecule has 4 heteroatoms. The molecule has 2 atom stereocenters. The van der Waals surface area contributed by atoms with Crippen LogP contribution >= 0.6 is 0 Å². The summed E-state index contributed by atoms with van der Waals surface area (Å²) in [6.45, 7) is 2.89. The van der Waals surface area contributed by atoms with E-state index in [2.05, 4.69) is 15.6 Å². The van der Waals surface area contributed by atoms with E-state index >= 15 is 0 Å². The van der Waals surface area contributed by atoms with Gasteiger partial charge in [-0.25, -0.2) is 0 Å². The topological polar surface area (TPSA) is 54.0 Å². The van der Waals surface area contributed by atoms with Gasteiger partial charge in [-0.3, -0.25) is 9.78 Å². The molecular formula is C12H17N3O. The largest absolute Gasteiger partial charge is 0.347 e. The first kappa shape index (κ1) is 11.1. The quantitative estimate of drug-likeness (QED) is 0.797. The second kappa shape index (κ2) is 5.07. The van der Waals surface area contributed by atoms with Crippen LogP contribution in [0.15, 0.2) is 24.4 Å². The van der Waals surface area contributed by atoms with Gasteiger partial charge in [0.15, 0.2) is 0 Å². The maximum Gasteiger partial charge on any atom is 0.237 e. The van der Waals surface area contributed by atoms with Crippen molar-refractivity contribution in [3.05, 3.63) is 30.1 Å². The molecule has 0 spiro atoms. The highest BCUT2D eigenvalue weighted by molar-refractivity contribution is 5.82. The number of aromatic nitrogens is 1. The Labute approximate surface area is 95.5 Å². The minimum absolute atomic E-state index is 0.0221. The molecular weight excluding hydrogens is 202 g/mol. The van der Waals surface area contributed by atoms with Crippen LogP contribution in [-0.4, -0.2) is 23.5 Å². The average molecular weight is 219 g/mol. The molecule has 0 aromatic carbocycles. The fourth-order valence-corrected chi connectivity index (χ4v) is 1.93. The van der Waals surface area contributed by atoms with Gasteiger partial charge in [0, 0.05) is 6.20 Å². The molecule has 1 amide bonds. The third-order valence-corrected chi connectivity index (χ3v) is 2.87. The number of rotatable bonds is 3. The summed E-state index contributed by atoms with van der Waals surface area (Å²) in [5, 5.41) is 6.15. The van der Waals surface area contributed by atoms with Crippen LogP contribution in [0.25, 0.3) is 0 Å². The molecule has 0 saturated carbocycles. The van der Waals surface area contributed by atoms with Gasteiger partial charge in [0.1, 0.15) is 0 Å². The molecule has 4 nitrogen and oxygen atoms in total. The van der Waals surface area contributed by atoms with Gasteiger partial charge in [-0.05, 0) is 38.4 Å². The lowest BCUT2D eigenvalue weighted by molar-refractivity contribution is -0.123. The van der Waals surface area contributed by atoms with Gasteiger partial charge < -0.3 is 10.6 Å². The van der Waals surface area contributed by atoms with Gasteiger partial charge in [-0.15, -0.1) is 0 Å². The van der Waals surface area contributed by atoms with Gasteiger partial charge >= 0.3 is 0 Å². The fraction of sp³-hybridized carbons (Fsp3) is 0.500. The molecule has 1 fully saturated rings. The number of carbonyl (C=O) groups is 1. The Hall–Kier alpha value is -1.42. The molecule has 2 heterocycles. The minimum Gasteiger partial charge on any atom is -0.347 e. The molecule has 1 saturated heterocycles. The van der Waals surface area contributed by atoms with Crippen molar-refractivity contribution in [2.45, 2.75) is 31.8 Å². The van der Waals surface area contributed by atoms with Gasteiger partial charge in [-0.1, -0.05) is 6.07 Å². The van der Waals surface area contributed by atoms with E-state index in [9.17, 15) is 4.79 Å². The first-order valence-electron chi connectivity index (χ1n) is 5.72. The smallest absolute Gasteiger partial charge is 0.237 e. The molecule has 0 aliphatic carbocycles. The fourth-order valence-electron chi connectivity index (χ4n) is 1.93. The van der Waals surface area contributed by atoms with Crippen molar-refractivity contribution >= 4 is 5.91 Å². The van der Waals surface area contributed by atoms with E-state index in [0.717, 1.165) is 25.1 Å². The highest BCUT2D eigenvalue weighted by Crippen LogP contribution is 2.10. The molecule has 2 rings (SSSR count). The lowest BCUT2D eigenvalue weighted by Crippen LogP contribution is -2.41. The van der Waals surface area contributed by atoms with Crippen LogP contribution in [-0.2, 0) is 4.79 Å². The molecule has 1 aromatic rings. The van der Waals surface area contributed by atoms with Gasteiger partial charge in [0.2, 0.25) is 5.91 Å². The number of amides is 1. The van der Waals surface area contributed by atoms with Crippen molar-refractivity contribution in [2.75, 3.05) is 6.54 Å². The normalized spacial score (nSPS) is 21.7. The zero-order chi connectivity index (χ0) is 11.4. The third kappa shape index (κ3) is 2.58. The first-order chi connectivity index (χ1) is 7.77. The Balaban J connectivity index is 1.92. The number of hydrogen-bond donors (Lipinski definition) is 2. The number of pyridine rings is 1. The third-order valence-electron chi connectivity index (χ3n) is 2.87. The molecule has 1 aliphatic rings. The van der Waals surface area contributed by atoms with Crippen LogP contribution in [0.1, 0.15) is 31.5 Å². The van der Waals surface area contributed by atoms with Crippen LogP contribution in [0.4, 0.5) is 0 Å². The maximum atomic E-state index is 11.8. The zero-order valence-electron chi connectivity index (χ0n) is 9.44. The molecule has 86 valence electrons. The summed E-state index contributed by atoms with van der Waals surface area (Å²) in [6.07, 6.45) is 3.75. The van der Waals surface area contributed by atoms with Crippen molar-refractivity contribution < 1.29 is 4.79 Å². The van der Waals surface area contributed by atoms with E-state index in [0.29, 0.717) is 0 Å². The van der Waals surface area contributed by atoms with E-state index < -0.39 is 0 Å². The number of carbonyl (C=O) groups excluding carboxylic acids is 1. The lowest BCUT2D eigenvalue weighted by Gasteiger charge is -2.16. The number of nitrogens with zero attached hydrogens (tertiary/aromatic N) is 1. The van der Waals surface area contributed by atoms with Crippen molar-refractivity contribution in [2.24, 2.45) is 0 Å². The molecule has 16 heavy (non-hydrogen) atoms. The van der Waals surface area contributed by atoms with Crippen LogP contribution in [0.2, 0.25) is 0 Å². The van der Waals surface area contributed by atoms with E-state index in [-0.39, 0.29) is 18.0 Å². The van der Waals surface area contributed by atoms with Crippen molar-refractivity contribution in [1.29, 1.82) is 0 Å². The minimum atomic E-state index is -0.0314. The van der Waals surface area contributed by atoms with Gasteiger partial charge in [-0.2, -0.15) is 0 Å². The predicted molar refractivity (Wildman–Crippen MR) is 61.8 cm³/mol. The zero-order valence-corrected chi connectivity index (χ0v) is 9.44. The predicted octanol–water partition coefficient (Wildman–Crippen LogP) is 1.01. The SMILES string of the molecule is C[C@@H](NC(=O)C1CCCN1)c1ccccn1. The van der Waals surface area contributed by atoms with E-state index in [1.54, 1.807) is 6.20 Å². The summed E-state index contributed by atoms with van der Waals surface area (Å²) in [5.74, 6) is 0.0793. The number of hydrogen-bond acceptors (Lipinski definition) is 3. The average Bonchev–Trinajstić information content (AvgIpc) is 2.83. The number of nitrogens with one attached hydrogen (secondary N) is 2. The van der Waals surface area contributed by atoms with Crippen molar-refractivity contribution in [3.8, 4) is 0 Å². The molecule has 0 bridgehead atoms. The standard InChI is InChI=1S/C12H17N3O/c1-9(10-5-2-3-7-13-10)15-12(16)11-6-4-8-14-11/h2-3,5,7,9,11,14H,4,6,8H2,1H3,(H,15,16)/t9-,11?/m1/s1. The summed E-state index contributed by atoms with van der Waals surface area (Å²) < 4.78 is 0. The van der Waals surface area contributed by atoms with Crippen LogP contribution in [0.3, 0.4) is 0 Å². The summed E-state index contributed by atoms with van der Waals surface area (Å²) in [6, 6.07) is 5.67. The summed E-state index contributed by atoms with van der Waals surface area (Å²) in [5.41, 5.74) is 0.897. The van der Waals surface area contributed by atoms with Crippen LogP contribution in [0, 0.1) is 0 Å². The first-order valence-corrected chi connectivity index (χ1v) is 5.72. The van der Waals surface area contributed by atoms with E-state index in [1.165, 1.54) is 0 Å². The molecule has 2 N–H and O–H groups in total. The molecule has 0 radical (unpaired) electrons. The van der Waals surface area contributed by atoms with Crippen LogP contribution in [0.5, 0.6) is 0 Å². The van der Waals surface area contributed by atoms with Crippen molar-refractivity contribution in [3.63, 3.8) is 0 Å². The van der Waals surface area contributed by atoms with Gasteiger partial charge in [0.05, 0.1) is 17.8 Å². The Morgan fingerprint density at radius 1 is 1.62 bits per heavy atom. The Morgan fingerprint density at radius 3 is 3.12 bits per heavy atom. The Bertz CT molecular complexity index is 347. The highest BCUT2D eigenvalue weighted by atomic mass is 16.2. The molecule has 1 aromatic heterocycles. The summed E-state index contributed by atoms with van der Waals surface area (Å²) in [7, 11) is 0. The van der Waals surface area contributed by atoms with E-state index in [1.807, 2.05) is 25.1 Å². The Morgan fingerprint density at radius 2 is 2.50 bits per heavy atom. The van der Waals surface area contributed by atoms with E-state index in [4.69, 9.17) is 0 Å². The van der Waals surface area contributed by atoms with Crippen LogP contribution < -0.4 is 10.6 Å². The van der Waals surface area contributed by atoms with Gasteiger partial charge in [0.25, 0.3) is 0 Å².